The molecule has 6 nitrogen and oxygen atoms in total. The second kappa shape index (κ2) is 10.7. The number of carbonyl (C=O) groups excluding carboxylic acids is 2. The Morgan fingerprint density at radius 1 is 0.767 bits per heavy atom. The van der Waals surface area contributed by atoms with Gasteiger partial charge in [0.1, 0.15) is 12.4 Å². The molecule has 3 rings (SSSR count). The molecule has 0 unspecified atom stereocenters. The lowest BCUT2D eigenvalue weighted by Gasteiger charge is -2.11. The standard InChI is InChI=1S/C24H23NO5/c1-28-21-9-5-6-10-22(21)29-16-15-25-23(26)17-30-20-13-11-19(12-14-20)24(27)18-7-3-2-4-8-18/h2-14H,15-17H2,1H3,(H,25,26). The number of hydrogen-bond donors (Lipinski definition) is 1. The number of methoxy groups -OCH3 is 1. The van der Waals surface area contributed by atoms with Gasteiger partial charge in [-0.25, -0.2) is 0 Å². The highest BCUT2D eigenvalue weighted by atomic mass is 16.5. The van der Waals surface area contributed by atoms with E-state index < -0.39 is 0 Å². The molecule has 0 aromatic heterocycles. The molecule has 3 aromatic rings. The van der Waals surface area contributed by atoms with Gasteiger partial charge in [-0.1, -0.05) is 42.5 Å². The average molecular weight is 405 g/mol. The fourth-order valence-electron chi connectivity index (χ4n) is 2.75. The molecule has 30 heavy (non-hydrogen) atoms. The molecule has 154 valence electrons. The number of hydrogen-bond acceptors (Lipinski definition) is 5. The Hall–Kier alpha value is -3.80. The Morgan fingerprint density at radius 3 is 2.10 bits per heavy atom. The molecule has 0 spiro atoms. The van der Waals surface area contributed by atoms with Crippen molar-refractivity contribution in [1.82, 2.24) is 5.32 Å². The zero-order valence-corrected chi connectivity index (χ0v) is 16.7. The summed E-state index contributed by atoms with van der Waals surface area (Å²) >= 11 is 0. The second-order valence-corrected chi connectivity index (χ2v) is 6.36. The van der Waals surface area contributed by atoms with E-state index in [0.717, 1.165) is 0 Å². The van der Waals surface area contributed by atoms with Gasteiger partial charge in [-0.15, -0.1) is 0 Å². The van der Waals surface area contributed by atoms with Gasteiger partial charge in [0.15, 0.2) is 23.9 Å². The normalized spacial score (nSPS) is 10.2. The van der Waals surface area contributed by atoms with Crippen LogP contribution in [0.15, 0.2) is 78.9 Å². The third-order valence-corrected chi connectivity index (χ3v) is 4.27. The quantitative estimate of drug-likeness (QED) is 0.413. The van der Waals surface area contributed by atoms with Crippen LogP contribution in [0.5, 0.6) is 17.2 Å². The first-order valence-corrected chi connectivity index (χ1v) is 9.52. The Morgan fingerprint density at radius 2 is 1.40 bits per heavy atom. The van der Waals surface area contributed by atoms with E-state index in [4.69, 9.17) is 14.2 Å². The molecule has 0 bridgehead atoms. The molecule has 0 atom stereocenters. The zero-order valence-electron chi connectivity index (χ0n) is 16.7. The van der Waals surface area contributed by atoms with Crippen LogP contribution in [-0.2, 0) is 4.79 Å². The van der Waals surface area contributed by atoms with E-state index in [-0.39, 0.29) is 18.3 Å². The van der Waals surface area contributed by atoms with Crippen molar-refractivity contribution in [2.24, 2.45) is 0 Å². The van der Waals surface area contributed by atoms with E-state index >= 15 is 0 Å². The maximum absolute atomic E-state index is 12.4. The Kier molecular flexibility index (Phi) is 7.44. The number of nitrogens with one attached hydrogen (secondary N) is 1. The van der Waals surface area contributed by atoms with Gasteiger partial charge in [-0.2, -0.15) is 0 Å². The summed E-state index contributed by atoms with van der Waals surface area (Å²) in [5, 5.41) is 2.73. The maximum atomic E-state index is 12.4. The Bertz CT molecular complexity index is 970. The van der Waals surface area contributed by atoms with Gasteiger partial charge in [0, 0.05) is 11.1 Å². The third kappa shape index (κ3) is 5.85. The topological polar surface area (TPSA) is 73.9 Å². The highest BCUT2D eigenvalue weighted by Crippen LogP contribution is 2.25. The lowest BCUT2D eigenvalue weighted by molar-refractivity contribution is -0.123. The summed E-state index contributed by atoms with van der Waals surface area (Å²) in [5.74, 6) is 1.45. The fraction of sp³-hybridized carbons (Fsp3) is 0.167. The smallest absolute Gasteiger partial charge is 0.258 e. The van der Waals surface area contributed by atoms with Crippen molar-refractivity contribution < 1.29 is 23.8 Å². The van der Waals surface area contributed by atoms with E-state index in [1.54, 1.807) is 55.6 Å². The third-order valence-electron chi connectivity index (χ3n) is 4.27. The molecule has 0 radical (unpaired) electrons. The van der Waals surface area contributed by atoms with Crippen molar-refractivity contribution in [3.63, 3.8) is 0 Å². The number of ketones is 1. The first kappa shape index (κ1) is 20.9. The predicted molar refractivity (Wildman–Crippen MR) is 113 cm³/mol. The van der Waals surface area contributed by atoms with E-state index in [1.807, 2.05) is 30.3 Å². The van der Waals surface area contributed by atoms with Gasteiger partial charge in [0.05, 0.1) is 13.7 Å². The summed E-state index contributed by atoms with van der Waals surface area (Å²) in [6.07, 6.45) is 0. The summed E-state index contributed by atoms with van der Waals surface area (Å²) in [6.45, 7) is 0.522. The van der Waals surface area contributed by atoms with Gasteiger partial charge in [0.25, 0.3) is 5.91 Å². The molecular formula is C24H23NO5. The number of benzene rings is 3. The van der Waals surface area contributed by atoms with Crippen LogP contribution in [0, 0.1) is 0 Å². The molecule has 0 aliphatic carbocycles. The van der Waals surface area contributed by atoms with Gasteiger partial charge in [0.2, 0.25) is 0 Å². The molecule has 3 aromatic carbocycles. The molecule has 0 fully saturated rings. The van der Waals surface area contributed by atoms with Gasteiger partial charge in [-0.3, -0.25) is 9.59 Å². The SMILES string of the molecule is COc1ccccc1OCCNC(=O)COc1ccc(C(=O)c2ccccc2)cc1. The first-order valence-electron chi connectivity index (χ1n) is 9.52. The second-order valence-electron chi connectivity index (χ2n) is 6.36. The molecule has 0 saturated carbocycles. The predicted octanol–water partition coefficient (Wildman–Crippen LogP) is 3.50. The summed E-state index contributed by atoms with van der Waals surface area (Å²) in [5.41, 5.74) is 1.19. The lowest BCUT2D eigenvalue weighted by atomic mass is 10.0. The zero-order chi connectivity index (χ0) is 21.2. The van der Waals surface area contributed by atoms with Gasteiger partial charge in [-0.05, 0) is 36.4 Å². The lowest BCUT2D eigenvalue weighted by Crippen LogP contribution is -2.32. The number of ether oxygens (including phenoxy) is 3. The summed E-state index contributed by atoms with van der Waals surface area (Å²) in [4.78, 5) is 24.3. The van der Waals surface area contributed by atoms with E-state index in [2.05, 4.69) is 5.32 Å². The van der Waals surface area contributed by atoms with Crippen molar-refractivity contribution in [2.45, 2.75) is 0 Å². The molecule has 0 saturated heterocycles. The Labute approximate surface area is 175 Å². The first-order chi connectivity index (χ1) is 14.7. The average Bonchev–Trinajstić information content (AvgIpc) is 2.81. The van der Waals surface area contributed by atoms with Crippen molar-refractivity contribution >= 4 is 11.7 Å². The van der Waals surface area contributed by atoms with Crippen molar-refractivity contribution in [3.8, 4) is 17.2 Å². The maximum Gasteiger partial charge on any atom is 0.258 e. The van der Waals surface area contributed by atoms with Crippen LogP contribution in [0.4, 0.5) is 0 Å². The van der Waals surface area contributed by atoms with Crippen LogP contribution in [-0.4, -0.2) is 38.6 Å². The summed E-state index contributed by atoms with van der Waals surface area (Å²) < 4.78 is 16.3. The highest BCUT2D eigenvalue weighted by Gasteiger charge is 2.09. The van der Waals surface area contributed by atoms with Crippen LogP contribution in [0.25, 0.3) is 0 Å². The van der Waals surface area contributed by atoms with E-state index in [9.17, 15) is 9.59 Å². The molecule has 1 amide bonds. The molecular weight excluding hydrogens is 382 g/mol. The number of para-hydroxylation sites is 2. The minimum Gasteiger partial charge on any atom is -0.493 e. The van der Waals surface area contributed by atoms with E-state index in [1.165, 1.54) is 0 Å². The van der Waals surface area contributed by atoms with Crippen molar-refractivity contribution in [1.29, 1.82) is 0 Å². The molecule has 0 heterocycles. The van der Waals surface area contributed by atoms with Crippen LogP contribution < -0.4 is 19.5 Å². The van der Waals surface area contributed by atoms with Gasteiger partial charge < -0.3 is 19.5 Å². The van der Waals surface area contributed by atoms with Crippen molar-refractivity contribution in [2.75, 3.05) is 26.9 Å². The summed E-state index contributed by atoms with van der Waals surface area (Å²) in [6, 6.07) is 23.1. The fourth-order valence-corrected chi connectivity index (χ4v) is 2.75. The van der Waals surface area contributed by atoms with Gasteiger partial charge >= 0.3 is 0 Å². The Balaban J connectivity index is 1.40. The molecule has 0 aliphatic rings. The molecule has 6 heteroatoms. The number of carbonyl (C=O) groups is 2. The van der Waals surface area contributed by atoms with Crippen molar-refractivity contribution in [3.05, 3.63) is 90.0 Å². The monoisotopic (exact) mass is 405 g/mol. The number of rotatable bonds is 10. The number of amides is 1. The minimum atomic E-state index is -0.261. The van der Waals surface area contributed by atoms with Crippen LogP contribution >= 0.6 is 0 Å². The van der Waals surface area contributed by atoms with E-state index in [0.29, 0.717) is 41.5 Å². The molecule has 1 N–H and O–H groups in total. The van der Waals surface area contributed by atoms with Crippen LogP contribution in [0.1, 0.15) is 15.9 Å². The highest BCUT2D eigenvalue weighted by molar-refractivity contribution is 6.08. The summed E-state index contributed by atoms with van der Waals surface area (Å²) in [7, 11) is 1.57. The van der Waals surface area contributed by atoms with Crippen LogP contribution in [0.3, 0.4) is 0 Å². The minimum absolute atomic E-state index is 0.0602. The molecule has 0 aliphatic heterocycles. The largest absolute Gasteiger partial charge is 0.493 e. The van der Waals surface area contributed by atoms with Crippen LogP contribution in [0.2, 0.25) is 0 Å².